The summed E-state index contributed by atoms with van der Waals surface area (Å²) in [7, 11) is 0. The van der Waals surface area contributed by atoms with Crippen molar-refractivity contribution in [1.82, 2.24) is 4.98 Å². The molecule has 25 heavy (non-hydrogen) atoms. The van der Waals surface area contributed by atoms with Crippen LogP contribution in [0.2, 0.25) is 0 Å². The zero-order valence-electron chi connectivity index (χ0n) is 13.6. The number of hydrogen-bond donors (Lipinski definition) is 1. The van der Waals surface area contributed by atoms with Gasteiger partial charge in [0.2, 0.25) is 11.8 Å². The fourth-order valence-corrected chi connectivity index (χ4v) is 2.35. The molecule has 126 valence electrons. The van der Waals surface area contributed by atoms with Gasteiger partial charge in [-0.15, -0.1) is 0 Å². The van der Waals surface area contributed by atoms with Crippen molar-refractivity contribution >= 4 is 28.4 Å². The number of nitro groups is 1. The number of rotatable bonds is 4. The third-order valence-electron chi connectivity index (χ3n) is 3.42. The zero-order chi connectivity index (χ0) is 18.0. The summed E-state index contributed by atoms with van der Waals surface area (Å²) >= 11 is 0. The molecule has 3 aromatic rings. The lowest BCUT2D eigenvalue weighted by molar-refractivity contribution is -0.384. The molecule has 2 aromatic carbocycles. The van der Waals surface area contributed by atoms with Gasteiger partial charge in [0.25, 0.3) is 5.69 Å². The van der Waals surface area contributed by atoms with Crippen LogP contribution in [0.25, 0.3) is 22.6 Å². The number of allylic oxidation sites excluding steroid dienone is 1. The molecule has 0 spiro atoms. The summed E-state index contributed by atoms with van der Waals surface area (Å²) in [6, 6.07) is 11.3. The lowest BCUT2D eigenvalue weighted by Gasteiger charge is -2.07. The van der Waals surface area contributed by atoms with Crippen molar-refractivity contribution in [3.05, 3.63) is 64.2 Å². The number of carbonyl (C=O) groups is 1. The Balaban J connectivity index is 2.02. The van der Waals surface area contributed by atoms with E-state index in [1.807, 2.05) is 13.8 Å². The maximum Gasteiger partial charge on any atom is 0.273 e. The number of hydrogen-bond acceptors (Lipinski definition) is 5. The molecule has 1 N–H and O–H groups in total. The fourth-order valence-electron chi connectivity index (χ4n) is 2.35. The van der Waals surface area contributed by atoms with Gasteiger partial charge in [-0.05, 0) is 32.0 Å². The highest BCUT2D eigenvalue weighted by Gasteiger charge is 2.15. The smallest absolute Gasteiger partial charge is 0.273 e. The van der Waals surface area contributed by atoms with Crippen molar-refractivity contribution in [3.8, 4) is 11.5 Å². The van der Waals surface area contributed by atoms with Gasteiger partial charge in [0.15, 0.2) is 5.58 Å². The maximum absolute atomic E-state index is 12.0. The molecule has 1 heterocycles. The summed E-state index contributed by atoms with van der Waals surface area (Å²) in [6.07, 6.45) is 1.49. The molecule has 0 atom stereocenters. The highest BCUT2D eigenvalue weighted by atomic mass is 16.6. The van der Waals surface area contributed by atoms with Gasteiger partial charge in [-0.25, -0.2) is 4.98 Å². The first-order valence-electron chi connectivity index (χ1n) is 7.54. The van der Waals surface area contributed by atoms with Crippen molar-refractivity contribution in [2.75, 3.05) is 5.32 Å². The van der Waals surface area contributed by atoms with E-state index in [0.29, 0.717) is 22.4 Å². The molecule has 0 saturated carbocycles. The van der Waals surface area contributed by atoms with E-state index in [0.717, 1.165) is 5.57 Å². The van der Waals surface area contributed by atoms with Crippen LogP contribution in [0.1, 0.15) is 13.8 Å². The number of nitrogens with one attached hydrogen (secondary N) is 1. The maximum atomic E-state index is 12.0. The van der Waals surface area contributed by atoms with E-state index in [9.17, 15) is 14.9 Å². The van der Waals surface area contributed by atoms with Crippen molar-refractivity contribution < 1.29 is 14.1 Å². The molecular weight excluding hydrogens is 322 g/mol. The lowest BCUT2D eigenvalue weighted by atomic mass is 10.1. The Morgan fingerprint density at radius 1 is 1.24 bits per heavy atom. The van der Waals surface area contributed by atoms with E-state index >= 15 is 0 Å². The molecule has 0 aliphatic carbocycles. The average molecular weight is 337 g/mol. The Bertz CT molecular complexity index is 1000. The van der Waals surface area contributed by atoms with E-state index in [2.05, 4.69) is 10.3 Å². The number of anilines is 1. The predicted molar refractivity (Wildman–Crippen MR) is 94.2 cm³/mol. The first kappa shape index (κ1) is 16.4. The molecule has 1 aromatic heterocycles. The summed E-state index contributed by atoms with van der Waals surface area (Å²) in [5.74, 6) is 0.0304. The Morgan fingerprint density at radius 3 is 2.72 bits per heavy atom. The summed E-state index contributed by atoms with van der Waals surface area (Å²) in [4.78, 5) is 26.7. The predicted octanol–water partition coefficient (Wildman–Crippen LogP) is 4.31. The summed E-state index contributed by atoms with van der Waals surface area (Å²) in [6.45, 7) is 3.67. The number of para-hydroxylation sites is 1. The second-order valence-electron chi connectivity index (χ2n) is 5.68. The first-order valence-corrected chi connectivity index (χ1v) is 7.54. The van der Waals surface area contributed by atoms with Crippen LogP contribution in [-0.4, -0.2) is 15.8 Å². The van der Waals surface area contributed by atoms with Crippen molar-refractivity contribution in [2.24, 2.45) is 0 Å². The minimum absolute atomic E-state index is 0.0691. The molecule has 0 unspecified atom stereocenters. The SMILES string of the molecule is CC(C)=CC(=O)Nc1ccccc1-c1nc2ccc([N+](=O)[O-])cc2o1. The van der Waals surface area contributed by atoms with Crippen LogP contribution in [0.3, 0.4) is 0 Å². The fraction of sp³-hybridized carbons (Fsp3) is 0.111. The van der Waals surface area contributed by atoms with E-state index in [1.54, 1.807) is 24.3 Å². The molecule has 1 amide bonds. The molecule has 0 aliphatic heterocycles. The van der Waals surface area contributed by atoms with Crippen molar-refractivity contribution in [2.45, 2.75) is 13.8 Å². The van der Waals surface area contributed by atoms with Gasteiger partial charge in [-0.3, -0.25) is 14.9 Å². The summed E-state index contributed by atoms with van der Waals surface area (Å²) in [5, 5.41) is 13.7. The molecule has 0 radical (unpaired) electrons. The molecule has 0 saturated heterocycles. The molecule has 7 nitrogen and oxygen atoms in total. The van der Waals surface area contributed by atoms with Gasteiger partial charge >= 0.3 is 0 Å². The topological polar surface area (TPSA) is 98.3 Å². The second-order valence-corrected chi connectivity index (χ2v) is 5.68. The van der Waals surface area contributed by atoms with Crippen LogP contribution >= 0.6 is 0 Å². The average Bonchev–Trinajstić information content (AvgIpc) is 2.97. The largest absolute Gasteiger partial charge is 0.436 e. The second kappa shape index (κ2) is 6.56. The number of benzene rings is 2. The van der Waals surface area contributed by atoms with Gasteiger partial charge in [0.1, 0.15) is 5.52 Å². The van der Waals surface area contributed by atoms with Gasteiger partial charge < -0.3 is 9.73 Å². The van der Waals surface area contributed by atoms with E-state index in [4.69, 9.17) is 4.42 Å². The van der Waals surface area contributed by atoms with Gasteiger partial charge in [0, 0.05) is 12.1 Å². The first-order chi connectivity index (χ1) is 11.9. The third-order valence-corrected chi connectivity index (χ3v) is 3.42. The molecule has 0 bridgehead atoms. The Hall–Kier alpha value is -3.48. The minimum atomic E-state index is -0.491. The van der Waals surface area contributed by atoms with Crippen LogP contribution in [-0.2, 0) is 4.79 Å². The molecular formula is C18H15N3O4. The molecule has 0 fully saturated rings. The van der Waals surface area contributed by atoms with E-state index in [1.165, 1.54) is 24.3 Å². The highest BCUT2D eigenvalue weighted by molar-refractivity contribution is 6.02. The van der Waals surface area contributed by atoms with Gasteiger partial charge in [-0.1, -0.05) is 17.7 Å². The number of amides is 1. The van der Waals surface area contributed by atoms with Gasteiger partial charge in [0.05, 0.1) is 22.2 Å². The molecule has 7 heteroatoms. The molecule has 3 rings (SSSR count). The van der Waals surface area contributed by atoms with Crippen LogP contribution in [0.5, 0.6) is 0 Å². The Labute approximate surface area is 143 Å². The Kier molecular flexibility index (Phi) is 4.30. The van der Waals surface area contributed by atoms with E-state index < -0.39 is 4.92 Å². The standard InChI is InChI=1S/C18H15N3O4/c1-11(2)9-17(22)19-14-6-4-3-5-13(14)18-20-15-8-7-12(21(23)24)10-16(15)25-18/h3-10H,1-2H3,(H,19,22). The lowest BCUT2D eigenvalue weighted by Crippen LogP contribution is -2.09. The normalized spacial score (nSPS) is 10.5. The number of nitrogens with zero attached hydrogens (tertiary/aromatic N) is 2. The van der Waals surface area contributed by atoms with Crippen molar-refractivity contribution in [1.29, 1.82) is 0 Å². The van der Waals surface area contributed by atoms with E-state index in [-0.39, 0.29) is 17.5 Å². The number of carbonyl (C=O) groups excluding carboxylic acids is 1. The van der Waals surface area contributed by atoms with Crippen LogP contribution in [0.4, 0.5) is 11.4 Å². The number of non-ortho nitro benzene ring substituents is 1. The van der Waals surface area contributed by atoms with Crippen LogP contribution in [0.15, 0.2) is 58.5 Å². The zero-order valence-corrected chi connectivity index (χ0v) is 13.6. The monoisotopic (exact) mass is 337 g/mol. The molecule has 0 aliphatic rings. The third kappa shape index (κ3) is 3.55. The number of fused-ring (bicyclic) bond motifs is 1. The van der Waals surface area contributed by atoms with Crippen molar-refractivity contribution in [3.63, 3.8) is 0 Å². The van der Waals surface area contributed by atoms with Gasteiger partial charge in [-0.2, -0.15) is 0 Å². The number of oxazole rings is 1. The highest BCUT2D eigenvalue weighted by Crippen LogP contribution is 2.31. The summed E-state index contributed by atoms with van der Waals surface area (Å²) in [5.41, 5.74) is 2.77. The number of nitro benzene ring substituents is 1. The van der Waals surface area contributed by atoms with Crippen LogP contribution in [0, 0.1) is 10.1 Å². The minimum Gasteiger partial charge on any atom is -0.436 e. The van der Waals surface area contributed by atoms with Crippen LogP contribution < -0.4 is 5.32 Å². The number of aromatic nitrogens is 1. The Morgan fingerprint density at radius 2 is 2.00 bits per heavy atom. The summed E-state index contributed by atoms with van der Waals surface area (Å²) < 4.78 is 5.67. The quantitative estimate of drug-likeness (QED) is 0.434.